The number of rotatable bonds is 1. The Kier molecular flexibility index (Phi) is 3.47. The van der Waals surface area contributed by atoms with Crippen LogP contribution >= 0.6 is 44.1 Å². The summed E-state index contributed by atoms with van der Waals surface area (Å²) in [5.41, 5.74) is 1.67. The van der Waals surface area contributed by atoms with Crippen molar-refractivity contribution in [2.45, 2.75) is 0 Å². The van der Waals surface area contributed by atoms with Gasteiger partial charge >= 0.3 is 0 Å². The van der Waals surface area contributed by atoms with E-state index < -0.39 is 0 Å². The Balaban J connectivity index is 2.26. The van der Waals surface area contributed by atoms with Crippen LogP contribution in [0.4, 0.5) is 0 Å². The molecule has 1 N–H and O–H groups in total. The zero-order chi connectivity index (χ0) is 13.4. The van der Waals surface area contributed by atoms with Gasteiger partial charge in [0.2, 0.25) is 0 Å². The van der Waals surface area contributed by atoms with E-state index in [2.05, 4.69) is 46.8 Å². The third-order valence-corrected chi connectivity index (χ3v) is 4.45. The Morgan fingerprint density at radius 2 is 1.89 bits per heavy atom. The zero-order valence-corrected chi connectivity index (χ0v) is 13.5. The van der Waals surface area contributed by atoms with E-state index in [0.717, 1.165) is 25.5 Å². The van der Waals surface area contributed by atoms with Crippen LogP contribution in [0.25, 0.3) is 22.4 Å². The maximum Gasteiger partial charge on any atom is 0.158 e. The summed E-state index contributed by atoms with van der Waals surface area (Å²) in [7, 11) is 0. The molecule has 3 nitrogen and oxygen atoms in total. The molecule has 0 aliphatic carbocycles. The average Bonchev–Trinajstić information content (AvgIpc) is 2.41. The summed E-state index contributed by atoms with van der Waals surface area (Å²) in [5.74, 6) is 0.644. The van der Waals surface area contributed by atoms with Gasteiger partial charge in [-0.25, -0.2) is 9.97 Å². The minimum atomic E-state index is 0.604. The van der Waals surface area contributed by atoms with Gasteiger partial charge in [0.1, 0.15) is 10.3 Å². The van der Waals surface area contributed by atoms with Crippen LogP contribution in [-0.4, -0.2) is 15.0 Å². The maximum atomic E-state index is 5.19. The first-order valence-corrected chi connectivity index (χ1v) is 7.45. The number of halogens is 2. The molecule has 3 aromatic rings. The van der Waals surface area contributed by atoms with Gasteiger partial charge in [0.15, 0.2) is 5.82 Å². The van der Waals surface area contributed by atoms with E-state index in [0.29, 0.717) is 10.5 Å². The van der Waals surface area contributed by atoms with E-state index >= 15 is 0 Å². The van der Waals surface area contributed by atoms with Crippen LogP contribution in [0.3, 0.4) is 0 Å². The molecule has 6 heteroatoms. The highest BCUT2D eigenvalue weighted by molar-refractivity contribution is 9.10. The largest absolute Gasteiger partial charge is 0.328 e. The van der Waals surface area contributed by atoms with E-state index in [4.69, 9.17) is 12.2 Å². The molecule has 0 fully saturated rings. The van der Waals surface area contributed by atoms with Gasteiger partial charge in [-0.2, -0.15) is 0 Å². The van der Waals surface area contributed by atoms with E-state index in [1.54, 1.807) is 6.20 Å². The minimum Gasteiger partial charge on any atom is -0.328 e. The smallest absolute Gasteiger partial charge is 0.158 e. The molecule has 0 spiro atoms. The van der Waals surface area contributed by atoms with Crippen molar-refractivity contribution in [1.82, 2.24) is 15.0 Å². The van der Waals surface area contributed by atoms with Gasteiger partial charge in [0.25, 0.3) is 0 Å². The quantitative estimate of drug-likeness (QED) is 0.596. The molecule has 3 rings (SSSR count). The van der Waals surface area contributed by atoms with Gasteiger partial charge in [-0.15, -0.1) is 0 Å². The van der Waals surface area contributed by atoms with Crippen molar-refractivity contribution >= 4 is 55.0 Å². The molecule has 2 heterocycles. The molecule has 0 saturated heterocycles. The number of para-hydroxylation sites is 1. The number of aromatic amines is 1. The van der Waals surface area contributed by atoms with Crippen LogP contribution in [0, 0.1) is 4.64 Å². The monoisotopic (exact) mass is 395 g/mol. The van der Waals surface area contributed by atoms with E-state index in [9.17, 15) is 0 Å². The van der Waals surface area contributed by atoms with Crippen molar-refractivity contribution in [1.29, 1.82) is 0 Å². The molecule has 0 aliphatic rings. The van der Waals surface area contributed by atoms with Crippen LogP contribution in [0.2, 0.25) is 0 Å². The molecule has 2 aromatic heterocycles. The van der Waals surface area contributed by atoms with E-state index in [-0.39, 0.29) is 0 Å². The molecular weight excluding hydrogens is 390 g/mol. The molecule has 0 saturated carbocycles. The number of benzene rings is 1. The molecular formula is C13H7Br2N3S. The number of nitrogens with one attached hydrogen (secondary N) is 1. The Hall–Kier alpha value is -1.11. The second-order valence-corrected chi connectivity index (χ2v) is 6.04. The first-order valence-electron chi connectivity index (χ1n) is 5.45. The Bertz CT molecular complexity index is 829. The molecule has 0 unspecified atom stereocenters. The van der Waals surface area contributed by atoms with Gasteiger partial charge in [-0.1, -0.05) is 30.4 Å². The normalized spacial score (nSPS) is 10.8. The fourth-order valence-electron chi connectivity index (χ4n) is 1.76. The predicted octanol–water partition coefficient (Wildman–Crippen LogP) is 4.88. The summed E-state index contributed by atoms with van der Waals surface area (Å²) in [6.45, 7) is 0. The number of hydrogen-bond donors (Lipinski definition) is 1. The average molecular weight is 397 g/mol. The summed E-state index contributed by atoms with van der Waals surface area (Å²) in [6.07, 6.45) is 1.68. The van der Waals surface area contributed by atoms with E-state index in [1.165, 1.54) is 0 Å². The van der Waals surface area contributed by atoms with Crippen molar-refractivity contribution in [3.63, 3.8) is 0 Å². The van der Waals surface area contributed by atoms with Crippen molar-refractivity contribution in [2.24, 2.45) is 0 Å². The molecule has 0 amide bonds. The summed E-state index contributed by atoms with van der Waals surface area (Å²) in [6, 6.07) is 9.97. The summed E-state index contributed by atoms with van der Waals surface area (Å²) in [5, 5.41) is 1.08. The first-order chi connectivity index (χ1) is 9.15. The Morgan fingerprint density at radius 3 is 2.68 bits per heavy atom. The summed E-state index contributed by atoms with van der Waals surface area (Å²) >= 11 is 12.1. The van der Waals surface area contributed by atoms with Crippen LogP contribution in [0.15, 0.2) is 45.5 Å². The third-order valence-electron chi connectivity index (χ3n) is 2.66. The van der Waals surface area contributed by atoms with Crippen LogP contribution in [0.1, 0.15) is 0 Å². The van der Waals surface area contributed by atoms with Gasteiger partial charge in [0, 0.05) is 16.1 Å². The highest BCUT2D eigenvalue weighted by Crippen LogP contribution is 2.27. The van der Waals surface area contributed by atoms with Gasteiger partial charge in [-0.05, 0) is 44.0 Å². The number of nitrogens with zero attached hydrogens (tertiary/aromatic N) is 2. The second-order valence-electron chi connectivity index (χ2n) is 3.92. The lowest BCUT2D eigenvalue weighted by molar-refractivity contribution is 1.12. The zero-order valence-electron chi connectivity index (χ0n) is 9.52. The number of aromatic nitrogens is 3. The predicted molar refractivity (Wildman–Crippen MR) is 85.6 cm³/mol. The Morgan fingerprint density at radius 1 is 1.11 bits per heavy atom. The SMILES string of the molecule is S=c1[nH]c(-c2nc3ccccc3cc2Br)ncc1Br. The van der Waals surface area contributed by atoms with Gasteiger partial charge in [0.05, 0.1) is 9.99 Å². The number of fused-ring (bicyclic) bond motifs is 1. The topological polar surface area (TPSA) is 41.6 Å². The van der Waals surface area contributed by atoms with Crippen LogP contribution in [-0.2, 0) is 0 Å². The van der Waals surface area contributed by atoms with Crippen molar-refractivity contribution in [3.05, 3.63) is 50.1 Å². The number of hydrogen-bond acceptors (Lipinski definition) is 3. The van der Waals surface area contributed by atoms with E-state index in [1.807, 2.05) is 30.3 Å². The van der Waals surface area contributed by atoms with Gasteiger partial charge in [-0.3, -0.25) is 0 Å². The molecule has 0 radical (unpaired) electrons. The van der Waals surface area contributed by atoms with Crippen molar-refractivity contribution in [2.75, 3.05) is 0 Å². The lowest BCUT2D eigenvalue weighted by Crippen LogP contribution is -1.94. The highest BCUT2D eigenvalue weighted by atomic mass is 79.9. The second kappa shape index (κ2) is 5.11. The third kappa shape index (κ3) is 2.48. The minimum absolute atomic E-state index is 0.604. The fraction of sp³-hybridized carbons (Fsp3) is 0. The van der Waals surface area contributed by atoms with Crippen LogP contribution < -0.4 is 0 Å². The maximum absolute atomic E-state index is 5.19. The fourth-order valence-corrected chi connectivity index (χ4v) is 2.63. The Labute approximate surface area is 131 Å². The number of H-pyrrole nitrogens is 1. The molecule has 0 atom stereocenters. The summed E-state index contributed by atoms with van der Waals surface area (Å²) < 4.78 is 2.25. The number of pyridine rings is 1. The standard InChI is InChI=1S/C13H7Br2N3S/c14-8-5-7-3-1-2-4-10(7)17-11(8)12-16-6-9(15)13(19)18-12/h1-6H,(H,16,18,19). The molecule has 1 aromatic carbocycles. The molecule has 94 valence electrons. The summed E-state index contributed by atoms with van der Waals surface area (Å²) in [4.78, 5) is 12.0. The van der Waals surface area contributed by atoms with Crippen LogP contribution in [0.5, 0.6) is 0 Å². The first kappa shape index (κ1) is 12.9. The van der Waals surface area contributed by atoms with Gasteiger partial charge < -0.3 is 4.98 Å². The van der Waals surface area contributed by atoms with Crippen molar-refractivity contribution in [3.8, 4) is 11.5 Å². The molecule has 0 bridgehead atoms. The van der Waals surface area contributed by atoms with Crippen molar-refractivity contribution < 1.29 is 0 Å². The lowest BCUT2D eigenvalue weighted by atomic mass is 10.2. The highest BCUT2D eigenvalue weighted by Gasteiger charge is 2.09. The molecule has 0 aliphatic heterocycles. The lowest BCUT2D eigenvalue weighted by Gasteiger charge is -2.06. The molecule has 19 heavy (non-hydrogen) atoms.